The first kappa shape index (κ1) is 37.8. The Labute approximate surface area is 280 Å². The molecule has 0 atom stereocenters. The summed E-state index contributed by atoms with van der Waals surface area (Å²) in [6.07, 6.45) is -3.29. The molecule has 0 aliphatic rings. The number of carbonyl (C=O) groups excluding carboxylic acids is 3. The van der Waals surface area contributed by atoms with Gasteiger partial charge in [0.05, 0.1) is 5.41 Å². The van der Waals surface area contributed by atoms with E-state index in [1.165, 1.54) is 0 Å². The molecule has 0 aliphatic carbocycles. The first-order valence-electron chi connectivity index (χ1n) is 15.4. The van der Waals surface area contributed by atoms with Crippen LogP contribution < -0.4 is 0 Å². The van der Waals surface area contributed by atoms with E-state index in [9.17, 15) is 14.4 Å². The molecule has 48 heavy (non-hydrogen) atoms. The monoisotopic (exact) mass is 668 g/mol. The summed E-state index contributed by atoms with van der Waals surface area (Å²) in [5.74, 6) is 0. The maximum absolute atomic E-state index is 12.6. The van der Waals surface area contributed by atoms with E-state index in [0.717, 1.165) is 16.7 Å². The Morgan fingerprint density at radius 1 is 0.458 bits per heavy atom. The second-order valence-electron chi connectivity index (χ2n) is 12.6. The van der Waals surface area contributed by atoms with Gasteiger partial charge in [-0.3, -0.25) is 14.7 Å². The fourth-order valence-corrected chi connectivity index (χ4v) is 4.22. The lowest BCUT2D eigenvalue weighted by Crippen LogP contribution is -2.40. The molecule has 0 N–H and O–H groups in total. The third kappa shape index (κ3) is 11.5. The van der Waals surface area contributed by atoms with Crippen molar-refractivity contribution < 1.29 is 57.9 Å². The van der Waals surface area contributed by atoms with Gasteiger partial charge in [-0.25, -0.2) is 14.4 Å². The predicted molar refractivity (Wildman–Crippen MR) is 172 cm³/mol. The van der Waals surface area contributed by atoms with Crippen LogP contribution in [-0.4, -0.2) is 38.3 Å². The van der Waals surface area contributed by atoms with Crippen LogP contribution in [0.4, 0.5) is 14.4 Å². The summed E-state index contributed by atoms with van der Waals surface area (Å²) in [6.45, 7) is 10.8. The van der Waals surface area contributed by atoms with Gasteiger partial charge in [-0.05, 0) is 64.7 Å². The van der Waals surface area contributed by atoms with Crippen molar-refractivity contribution >= 4 is 18.5 Å². The number of hydrogen-bond acceptors (Lipinski definition) is 12. The van der Waals surface area contributed by atoms with Crippen LogP contribution in [-0.2, 0) is 60.3 Å². The second-order valence-corrected chi connectivity index (χ2v) is 12.6. The maximum atomic E-state index is 12.6. The fourth-order valence-electron chi connectivity index (χ4n) is 4.22. The molecule has 0 aliphatic heterocycles. The molecule has 0 amide bonds. The average molecular weight is 669 g/mol. The van der Waals surface area contributed by atoms with Crippen LogP contribution in [0.5, 0.6) is 0 Å². The summed E-state index contributed by atoms with van der Waals surface area (Å²) in [4.78, 5) is 68.6. The normalized spacial score (nSPS) is 12.1. The Hall–Kier alpha value is -4.65. The second kappa shape index (κ2) is 17.0. The van der Waals surface area contributed by atoms with E-state index in [2.05, 4.69) is 0 Å². The Kier molecular flexibility index (Phi) is 13.4. The SMILES string of the molecule is CCC(COC(=O)OOC(C)(C)c1ccccc1)(COC(=O)OOC(C)(C)c1ccccc1)COC(=O)OOC(C)(C)c1ccccc1. The van der Waals surface area contributed by atoms with Gasteiger partial charge in [0.1, 0.15) is 36.6 Å². The number of ether oxygens (including phenoxy) is 3. The first-order valence-corrected chi connectivity index (χ1v) is 15.4. The Morgan fingerprint density at radius 2 is 0.708 bits per heavy atom. The zero-order chi connectivity index (χ0) is 35.3. The molecular weight excluding hydrogens is 624 g/mol. The van der Waals surface area contributed by atoms with Crippen LogP contribution in [0.25, 0.3) is 0 Å². The molecule has 12 heteroatoms. The van der Waals surface area contributed by atoms with Crippen LogP contribution in [0, 0.1) is 5.41 Å². The highest BCUT2D eigenvalue weighted by Crippen LogP contribution is 2.29. The van der Waals surface area contributed by atoms with Crippen molar-refractivity contribution in [2.45, 2.75) is 71.7 Å². The molecule has 0 saturated carbocycles. The van der Waals surface area contributed by atoms with Gasteiger partial charge in [-0.2, -0.15) is 14.7 Å². The minimum absolute atomic E-state index is 0.198. The molecule has 0 unspecified atom stereocenters. The molecule has 260 valence electrons. The molecule has 0 heterocycles. The van der Waals surface area contributed by atoms with Crippen LogP contribution >= 0.6 is 0 Å². The summed E-state index contributed by atoms with van der Waals surface area (Å²) < 4.78 is 16.0. The van der Waals surface area contributed by atoms with Crippen molar-refractivity contribution in [2.24, 2.45) is 5.41 Å². The zero-order valence-corrected chi connectivity index (χ0v) is 28.4. The van der Waals surface area contributed by atoms with Gasteiger partial charge >= 0.3 is 18.5 Å². The standard InChI is InChI=1S/C36H44O12/c1-8-36(24-40-30(37)43-46-33(2,3)27-18-12-9-13-19-27,25-41-31(38)44-47-34(4,5)28-20-14-10-15-21-28)26-42-32(39)45-48-35(6,7)29-22-16-11-17-23-29/h9-23H,8,24-26H2,1-7H3. The molecule has 0 aromatic heterocycles. The lowest BCUT2D eigenvalue weighted by atomic mass is 9.88. The quantitative estimate of drug-likeness (QED) is 0.0627. The summed E-state index contributed by atoms with van der Waals surface area (Å²) >= 11 is 0. The molecule has 0 bridgehead atoms. The topological polar surface area (TPSA) is 134 Å². The first-order chi connectivity index (χ1) is 22.7. The summed E-state index contributed by atoms with van der Waals surface area (Å²) in [5, 5.41) is 0. The zero-order valence-electron chi connectivity index (χ0n) is 28.4. The van der Waals surface area contributed by atoms with Crippen LogP contribution in [0.15, 0.2) is 91.0 Å². The van der Waals surface area contributed by atoms with E-state index in [1.807, 2.05) is 91.0 Å². The number of hydrogen-bond donors (Lipinski definition) is 0. The van der Waals surface area contributed by atoms with Gasteiger partial charge in [0.15, 0.2) is 0 Å². The molecular formula is C36H44O12. The lowest BCUT2D eigenvalue weighted by Gasteiger charge is -2.31. The van der Waals surface area contributed by atoms with Gasteiger partial charge in [-0.1, -0.05) is 97.9 Å². The van der Waals surface area contributed by atoms with Crippen LogP contribution in [0.2, 0.25) is 0 Å². The molecule has 0 spiro atoms. The fraction of sp³-hybridized carbons (Fsp3) is 0.417. The van der Waals surface area contributed by atoms with Crippen molar-refractivity contribution in [3.05, 3.63) is 108 Å². The van der Waals surface area contributed by atoms with E-state index in [0.29, 0.717) is 0 Å². The van der Waals surface area contributed by atoms with Gasteiger partial charge in [-0.15, -0.1) is 0 Å². The van der Waals surface area contributed by atoms with E-state index < -0.39 is 60.5 Å². The Balaban J connectivity index is 1.62. The van der Waals surface area contributed by atoms with Crippen molar-refractivity contribution in [3.8, 4) is 0 Å². The molecule has 0 fully saturated rings. The lowest BCUT2D eigenvalue weighted by molar-refractivity contribution is -0.327. The summed E-state index contributed by atoms with van der Waals surface area (Å²) in [5.41, 5.74) is -1.94. The van der Waals surface area contributed by atoms with E-state index >= 15 is 0 Å². The van der Waals surface area contributed by atoms with Gasteiger partial charge in [0.2, 0.25) is 0 Å². The van der Waals surface area contributed by atoms with Crippen molar-refractivity contribution in [2.75, 3.05) is 19.8 Å². The van der Waals surface area contributed by atoms with Crippen molar-refractivity contribution in [3.63, 3.8) is 0 Å². The maximum Gasteiger partial charge on any atom is 0.540 e. The highest BCUT2D eigenvalue weighted by molar-refractivity contribution is 5.60. The van der Waals surface area contributed by atoms with E-state index in [1.54, 1.807) is 48.5 Å². The third-order valence-corrected chi connectivity index (χ3v) is 7.60. The minimum Gasteiger partial charge on any atom is -0.431 e. The molecule has 12 nitrogen and oxygen atoms in total. The molecule has 3 rings (SSSR count). The smallest absolute Gasteiger partial charge is 0.431 e. The van der Waals surface area contributed by atoms with Gasteiger partial charge in [0.25, 0.3) is 0 Å². The Morgan fingerprint density at radius 3 is 0.938 bits per heavy atom. The highest BCUT2D eigenvalue weighted by Gasteiger charge is 2.37. The summed E-state index contributed by atoms with van der Waals surface area (Å²) in [7, 11) is 0. The molecule has 0 saturated heterocycles. The van der Waals surface area contributed by atoms with Gasteiger partial charge < -0.3 is 14.2 Å². The predicted octanol–water partition coefficient (Wildman–Crippen LogP) is 8.44. The van der Waals surface area contributed by atoms with Crippen molar-refractivity contribution in [1.29, 1.82) is 0 Å². The molecule has 0 radical (unpaired) electrons. The summed E-state index contributed by atoms with van der Waals surface area (Å²) in [6, 6.07) is 27.4. The van der Waals surface area contributed by atoms with E-state index in [-0.39, 0.29) is 6.42 Å². The van der Waals surface area contributed by atoms with Crippen molar-refractivity contribution in [1.82, 2.24) is 0 Å². The largest absolute Gasteiger partial charge is 0.540 e. The highest BCUT2D eigenvalue weighted by atomic mass is 17.2. The minimum atomic E-state index is -1.27. The van der Waals surface area contributed by atoms with Crippen LogP contribution in [0.1, 0.15) is 71.6 Å². The molecule has 3 aromatic rings. The molecule has 3 aromatic carbocycles. The van der Waals surface area contributed by atoms with Gasteiger partial charge in [0, 0.05) is 0 Å². The Bertz CT molecular complexity index is 1270. The van der Waals surface area contributed by atoms with Crippen LogP contribution in [0.3, 0.4) is 0 Å². The number of carbonyl (C=O) groups is 3. The number of rotatable bonds is 16. The van der Waals surface area contributed by atoms with E-state index in [4.69, 9.17) is 43.5 Å². The average Bonchev–Trinajstić information content (AvgIpc) is 3.10. The number of benzene rings is 3. The third-order valence-electron chi connectivity index (χ3n) is 7.60.